The molecule has 1 N–H and O–H groups in total. The SMILES string of the molecule is COc1ccccc1[C@@H]1c2ccc3ccccc3c2Oc2ncn(CCN(C)C)c(=N)c21. The molecule has 5 rings (SSSR count). The number of methoxy groups -OCH3 is 1. The van der Waals surface area contributed by atoms with Crippen LogP contribution >= 0.6 is 0 Å². The number of rotatable bonds is 5. The van der Waals surface area contributed by atoms with Gasteiger partial charge in [-0.05, 0) is 25.5 Å². The van der Waals surface area contributed by atoms with Crippen LogP contribution in [0.15, 0.2) is 67.0 Å². The van der Waals surface area contributed by atoms with Crippen molar-refractivity contribution in [2.24, 2.45) is 0 Å². The minimum atomic E-state index is -0.221. The van der Waals surface area contributed by atoms with E-state index in [1.807, 2.05) is 49.0 Å². The van der Waals surface area contributed by atoms with Crippen LogP contribution in [-0.4, -0.2) is 42.2 Å². The van der Waals surface area contributed by atoms with Gasteiger partial charge in [0.15, 0.2) is 0 Å². The molecule has 1 atom stereocenters. The molecule has 6 heteroatoms. The Hall–Kier alpha value is -3.64. The van der Waals surface area contributed by atoms with Crippen molar-refractivity contribution in [3.63, 3.8) is 0 Å². The molecule has 2 heterocycles. The van der Waals surface area contributed by atoms with Crippen LogP contribution in [0.2, 0.25) is 0 Å². The van der Waals surface area contributed by atoms with E-state index in [0.717, 1.165) is 45.5 Å². The van der Waals surface area contributed by atoms with E-state index in [-0.39, 0.29) is 5.92 Å². The first-order valence-corrected chi connectivity index (χ1v) is 10.7. The summed E-state index contributed by atoms with van der Waals surface area (Å²) in [4.78, 5) is 6.76. The smallest absolute Gasteiger partial charge is 0.228 e. The van der Waals surface area contributed by atoms with Gasteiger partial charge in [0.05, 0.1) is 18.6 Å². The van der Waals surface area contributed by atoms with E-state index in [0.29, 0.717) is 17.9 Å². The maximum atomic E-state index is 9.06. The number of nitrogens with one attached hydrogen (secondary N) is 1. The van der Waals surface area contributed by atoms with E-state index in [1.54, 1.807) is 13.4 Å². The van der Waals surface area contributed by atoms with Crippen LogP contribution in [0, 0.1) is 5.41 Å². The molecule has 0 saturated heterocycles. The van der Waals surface area contributed by atoms with Crippen molar-refractivity contribution >= 4 is 10.8 Å². The summed E-state index contributed by atoms with van der Waals surface area (Å²) in [5, 5.41) is 11.2. The molecule has 1 aliphatic rings. The highest BCUT2D eigenvalue weighted by atomic mass is 16.5. The molecule has 0 amide bonds. The van der Waals surface area contributed by atoms with Gasteiger partial charge in [0, 0.05) is 29.6 Å². The Morgan fingerprint density at radius 1 is 1.03 bits per heavy atom. The number of hydrogen-bond acceptors (Lipinski definition) is 5. The summed E-state index contributed by atoms with van der Waals surface area (Å²) in [5.74, 6) is 1.84. The second-order valence-electron chi connectivity index (χ2n) is 8.29. The van der Waals surface area contributed by atoms with Gasteiger partial charge in [-0.2, -0.15) is 0 Å². The lowest BCUT2D eigenvalue weighted by atomic mass is 9.82. The Bertz CT molecular complexity index is 1360. The summed E-state index contributed by atoms with van der Waals surface area (Å²) in [7, 11) is 5.73. The standard InChI is InChI=1S/C26H26N4O2/c1-29(2)14-15-30-16-28-26-23(25(30)27)22(19-10-6-7-11-21(19)31-3)20-13-12-17-8-4-5-9-18(17)24(20)32-26/h4-13,16,22,27H,14-15H2,1-3H3/t22-/m1/s1. The van der Waals surface area contributed by atoms with Gasteiger partial charge in [-0.15, -0.1) is 0 Å². The van der Waals surface area contributed by atoms with Crippen molar-refractivity contribution in [2.75, 3.05) is 27.7 Å². The van der Waals surface area contributed by atoms with Crippen molar-refractivity contribution in [3.05, 3.63) is 89.2 Å². The first kappa shape index (κ1) is 20.3. The lowest BCUT2D eigenvalue weighted by Crippen LogP contribution is -2.32. The fourth-order valence-corrected chi connectivity index (χ4v) is 4.41. The number of fused-ring (bicyclic) bond motifs is 4. The van der Waals surface area contributed by atoms with Gasteiger partial charge in [-0.1, -0.05) is 54.6 Å². The summed E-state index contributed by atoms with van der Waals surface area (Å²) in [6.07, 6.45) is 1.71. The number of ether oxygens (including phenoxy) is 2. The number of likely N-dealkylation sites (N-methyl/N-ethyl adjacent to an activating group) is 1. The van der Waals surface area contributed by atoms with E-state index in [1.165, 1.54) is 0 Å². The number of para-hydroxylation sites is 1. The number of nitrogens with zero attached hydrogens (tertiary/aromatic N) is 3. The molecule has 6 nitrogen and oxygen atoms in total. The monoisotopic (exact) mass is 426 g/mol. The summed E-state index contributed by atoms with van der Waals surface area (Å²) in [5.41, 5.74) is 3.18. The van der Waals surface area contributed by atoms with Crippen LogP contribution in [0.4, 0.5) is 0 Å². The van der Waals surface area contributed by atoms with Crippen LogP contribution in [-0.2, 0) is 6.54 Å². The van der Waals surface area contributed by atoms with Crippen LogP contribution in [0.1, 0.15) is 22.6 Å². The molecule has 1 aliphatic heterocycles. The maximum Gasteiger partial charge on any atom is 0.228 e. The summed E-state index contributed by atoms with van der Waals surface area (Å²) < 4.78 is 14.0. The van der Waals surface area contributed by atoms with E-state index in [4.69, 9.17) is 14.9 Å². The van der Waals surface area contributed by atoms with Gasteiger partial charge in [-0.3, -0.25) is 5.41 Å². The third kappa shape index (κ3) is 3.33. The largest absolute Gasteiger partial charge is 0.496 e. The van der Waals surface area contributed by atoms with Crippen molar-refractivity contribution in [2.45, 2.75) is 12.5 Å². The van der Waals surface area contributed by atoms with Crippen LogP contribution in [0.5, 0.6) is 17.4 Å². The molecule has 0 spiro atoms. The fraction of sp³-hybridized carbons (Fsp3) is 0.231. The van der Waals surface area contributed by atoms with E-state index < -0.39 is 0 Å². The van der Waals surface area contributed by atoms with E-state index >= 15 is 0 Å². The van der Waals surface area contributed by atoms with Crippen molar-refractivity contribution < 1.29 is 9.47 Å². The highest BCUT2D eigenvalue weighted by molar-refractivity contribution is 5.91. The predicted molar refractivity (Wildman–Crippen MR) is 125 cm³/mol. The zero-order chi connectivity index (χ0) is 22.2. The van der Waals surface area contributed by atoms with Gasteiger partial charge in [0.2, 0.25) is 5.88 Å². The van der Waals surface area contributed by atoms with Gasteiger partial charge in [-0.25, -0.2) is 4.98 Å². The maximum absolute atomic E-state index is 9.06. The Morgan fingerprint density at radius 2 is 1.81 bits per heavy atom. The average Bonchev–Trinajstić information content (AvgIpc) is 2.82. The molecule has 32 heavy (non-hydrogen) atoms. The first-order valence-electron chi connectivity index (χ1n) is 10.7. The summed E-state index contributed by atoms with van der Waals surface area (Å²) in [6, 6.07) is 20.4. The van der Waals surface area contributed by atoms with Gasteiger partial charge in [0.1, 0.15) is 23.3 Å². The topological polar surface area (TPSA) is 63.4 Å². The molecule has 0 radical (unpaired) electrons. The number of hydrogen-bond donors (Lipinski definition) is 1. The second-order valence-corrected chi connectivity index (χ2v) is 8.29. The van der Waals surface area contributed by atoms with Crippen LogP contribution in [0.25, 0.3) is 10.8 Å². The lowest BCUT2D eigenvalue weighted by Gasteiger charge is -2.30. The van der Waals surface area contributed by atoms with Gasteiger partial charge < -0.3 is 18.9 Å². The molecular formula is C26H26N4O2. The normalized spacial score (nSPS) is 14.7. The highest BCUT2D eigenvalue weighted by Gasteiger charge is 2.34. The molecule has 162 valence electrons. The number of aromatic nitrogens is 2. The van der Waals surface area contributed by atoms with E-state index in [9.17, 15) is 0 Å². The van der Waals surface area contributed by atoms with E-state index in [2.05, 4.69) is 40.2 Å². The average molecular weight is 427 g/mol. The van der Waals surface area contributed by atoms with Crippen molar-refractivity contribution in [1.29, 1.82) is 5.41 Å². The molecule has 3 aromatic carbocycles. The van der Waals surface area contributed by atoms with Crippen molar-refractivity contribution in [1.82, 2.24) is 14.5 Å². The predicted octanol–water partition coefficient (Wildman–Crippen LogP) is 4.37. The number of benzene rings is 3. The molecule has 0 aliphatic carbocycles. The van der Waals surface area contributed by atoms with Crippen LogP contribution < -0.4 is 15.0 Å². The molecular weight excluding hydrogens is 400 g/mol. The van der Waals surface area contributed by atoms with Crippen LogP contribution in [0.3, 0.4) is 0 Å². The molecule has 0 saturated carbocycles. The summed E-state index contributed by atoms with van der Waals surface area (Å²) in [6.45, 7) is 1.49. The Kier molecular flexibility index (Phi) is 5.15. The molecule has 1 aromatic heterocycles. The zero-order valence-electron chi connectivity index (χ0n) is 18.5. The zero-order valence-corrected chi connectivity index (χ0v) is 18.5. The van der Waals surface area contributed by atoms with Crippen molar-refractivity contribution in [3.8, 4) is 17.4 Å². The fourth-order valence-electron chi connectivity index (χ4n) is 4.41. The molecule has 0 unspecified atom stereocenters. The third-order valence-electron chi connectivity index (χ3n) is 6.03. The summed E-state index contributed by atoms with van der Waals surface area (Å²) >= 11 is 0. The molecule has 4 aromatic rings. The Morgan fingerprint density at radius 3 is 2.62 bits per heavy atom. The second kappa shape index (κ2) is 8.13. The lowest BCUT2D eigenvalue weighted by molar-refractivity contribution is 0.371. The highest BCUT2D eigenvalue weighted by Crippen LogP contribution is 2.49. The third-order valence-corrected chi connectivity index (χ3v) is 6.03. The Labute approximate surface area is 187 Å². The molecule has 0 bridgehead atoms. The van der Waals surface area contributed by atoms with Gasteiger partial charge >= 0.3 is 0 Å². The Balaban J connectivity index is 1.78. The minimum absolute atomic E-state index is 0.221. The molecule has 0 fully saturated rings. The van der Waals surface area contributed by atoms with Gasteiger partial charge in [0.25, 0.3) is 0 Å². The minimum Gasteiger partial charge on any atom is -0.496 e. The first-order chi connectivity index (χ1) is 15.6. The quantitative estimate of drug-likeness (QED) is 0.453.